The number of fused-ring (bicyclic) bond motifs is 5. The molecule has 1 heterocycles. The zero-order chi connectivity index (χ0) is 29.7. The van der Waals surface area contributed by atoms with Crippen molar-refractivity contribution >= 4 is 68.6 Å². The van der Waals surface area contributed by atoms with Crippen LogP contribution in [0.4, 0.5) is 0 Å². The SMILES string of the molecule is O=C(CN(C(=O)c1ccc(Cl)cc1Cl)N1C(=O)[C@@H]2[C@@H](C1=O)[C@H]1C=C[C@H]2C1)c1ccc(OC(=O)c2ccc(Br)cc2)cc1. The summed E-state index contributed by atoms with van der Waals surface area (Å²) in [6.45, 7) is -0.602. The average molecular weight is 668 g/mol. The summed E-state index contributed by atoms with van der Waals surface area (Å²) in [6, 6.07) is 16.7. The molecule has 4 atom stereocenters. The predicted molar refractivity (Wildman–Crippen MR) is 157 cm³/mol. The number of esters is 1. The fourth-order valence-corrected chi connectivity index (χ4v) is 6.60. The van der Waals surface area contributed by atoms with Crippen molar-refractivity contribution in [3.63, 3.8) is 0 Å². The summed E-state index contributed by atoms with van der Waals surface area (Å²) in [6.07, 6.45) is 4.60. The van der Waals surface area contributed by atoms with E-state index in [0.29, 0.717) is 10.6 Å². The molecule has 3 aromatic rings. The van der Waals surface area contributed by atoms with Crippen LogP contribution in [-0.2, 0) is 9.59 Å². The number of ketones is 1. The van der Waals surface area contributed by atoms with E-state index >= 15 is 0 Å². The molecule has 0 radical (unpaired) electrons. The molecule has 2 fully saturated rings. The normalized spacial score (nSPS) is 21.9. The third-order valence-corrected chi connectivity index (χ3v) is 8.92. The van der Waals surface area contributed by atoms with E-state index in [9.17, 15) is 24.0 Å². The number of Topliss-reactive ketones (excluding diaryl/α,β-unsaturated/α-hetero) is 1. The summed E-state index contributed by atoms with van der Waals surface area (Å²) >= 11 is 15.6. The molecule has 1 saturated carbocycles. The monoisotopic (exact) mass is 666 g/mol. The summed E-state index contributed by atoms with van der Waals surface area (Å²) in [7, 11) is 0. The molecule has 3 aliphatic rings. The molecule has 42 heavy (non-hydrogen) atoms. The first-order chi connectivity index (χ1) is 20.1. The number of rotatable bonds is 7. The van der Waals surface area contributed by atoms with Crippen LogP contribution in [0.25, 0.3) is 0 Å². The smallest absolute Gasteiger partial charge is 0.343 e. The molecule has 1 aliphatic heterocycles. The molecule has 6 rings (SSSR count). The van der Waals surface area contributed by atoms with Gasteiger partial charge in [0.25, 0.3) is 17.7 Å². The Bertz CT molecular complexity index is 1640. The summed E-state index contributed by atoms with van der Waals surface area (Å²) in [5.41, 5.74) is 0.518. The van der Waals surface area contributed by atoms with Crippen LogP contribution >= 0.6 is 39.1 Å². The maximum absolute atomic E-state index is 13.8. The second-order valence-electron chi connectivity index (χ2n) is 10.3. The van der Waals surface area contributed by atoms with Crippen molar-refractivity contribution in [2.24, 2.45) is 23.7 Å². The van der Waals surface area contributed by atoms with Crippen LogP contribution < -0.4 is 4.74 Å². The molecule has 0 aromatic heterocycles. The van der Waals surface area contributed by atoms with Gasteiger partial charge in [0, 0.05) is 15.1 Å². The van der Waals surface area contributed by atoms with Gasteiger partial charge in [-0.25, -0.2) is 9.80 Å². The van der Waals surface area contributed by atoms with E-state index < -0.39 is 47.9 Å². The van der Waals surface area contributed by atoms with Gasteiger partial charge in [0.1, 0.15) is 12.3 Å². The largest absolute Gasteiger partial charge is 0.423 e. The number of allylic oxidation sites excluding steroid dienone is 2. The summed E-state index contributed by atoms with van der Waals surface area (Å²) in [4.78, 5) is 66.8. The van der Waals surface area contributed by atoms with Crippen molar-refractivity contribution in [2.45, 2.75) is 6.42 Å². The number of hydrazine groups is 1. The highest BCUT2D eigenvalue weighted by molar-refractivity contribution is 9.10. The fraction of sp³-hybridized carbons (Fsp3) is 0.194. The van der Waals surface area contributed by atoms with E-state index in [-0.39, 0.29) is 33.7 Å². The minimum atomic E-state index is -0.785. The standard InChI is InChI=1S/C31H21BrCl2N2O6/c32-20-7-3-17(4-8-20)31(41)42-22-10-5-16(6-11-22)25(37)15-35(28(38)23-12-9-21(33)14-24(23)34)36-29(39)26-18-1-2-19(13-18)27(26)30(36)40/h1-12,14,18-19,26-27H,13,15H2/t18-,19-,26-,27-/m0/s1. The fourth-order valence-electron chi connectivity index (χ4n) is 5.85. The summed E-state index contributed by atoms with van der Waals surface area (Å²) in [5, 5.41) is 2.01. The van der Waals surface area contributed by atoms with Gasteiger partial charge in [0.05, 0.1) is 28.0 Å². The number of carbonyl (C=O) groups is 5. The topological polar surface area (TPSA) is 101 Å². The van der Waals surface area contributed by atoms with Crippen molar-refractivity contribution in [1.82, 2.24) is 10.0 Å². The Morgan fingerprint density at radius 2 is 1.45 bits per heavy atom. The van der Waals surface area contributed by atoms with E-state index in [4.69, 9.17) is 27.9 Å². The molecule has 1 saturated heterocycles. The number of benzene rings is 3. The second kappa shape index (κ2) is 11.1. The van der Waals surface area contributed by atoms with Gasteiger partial charge in [-0.2, -0.15) is 5.01 Å². The van der Waals surface area contributed by atoms with Gasteiger partial charge >= 0.3 is 5.97 Å². The molecule has 3 amide bonds. The predicted octanol–water partition coefficient (Wildman–Crippen LogP) is 6.02. The molecule has 0 N–H and O–H groups in total. The van der Waals surface area contributed by atoms with Crippen LogP contribution in [0.5, 0.6) is 5.75 Å². The number of amides is 3. The number of nitrogens with zero attached hydrogens (tertiary/aromatic N) is 2. The van der Waals surface area contributed by atoms with E-state index in [1.807, 2.05) is 12.2 Å². The number of halogens is 3. The molecular weight excluding hydrogens is 647 g/mol. The summed E-state index contributed by atoms with van der Waals surface area (Å²) < 4.78 is 6.21. The third-order valence-electron chi connectivity index (χ3n) is 7.84. The third kappa shape index (κ3) is 5.06. The van der Waals surface area contributed by atoms with E-state index in [2.05, 4.69) is 15.9 Å². The lowest BCUT2D eigenvalue weighted by Crippen LogP contribution is -2.52. The Morgan fingerprint density at radius 1 is 0.857 bits per heavy atom. The molecule has 0 unspecified atom stereocenters. The number of hydrogen-bond donors (Lipinski definition) is 0. The van der Waals surface area contributed by atoms with E-state index in [1.165, 1.54) is 42.5 Å². The maximum Gasteiger partial charge on any atom is 0.343 e. The molecule has 11 heteroatoms. The quantitative estimate of drug-likeness (QED) is 0.100. The number of carbonyl (C=O) groups excluding carboxylic acids is 5. The van der Waals surface area contributed by atoms with Crippen molar-refractivity contribution in [3.05, 3.63) is 110 Å². The second-order valence-corrected chi connectivity index (χ2v) is 12.1. The van der Waals surface area contributed by atoms with Crippen LogP contribution in [0.2, 0.25) is 10.0 Å². The lowest BCUT2D eigenvalue weighted by atomic mass is 9.85. The first-order valence-corrected chi connectivity index (χ1v) is 14.6. The summed E-state index contributed by atoms with van der Waals surface area (Å²) in [5.74, 6) is -4.02. The van der Waals surface area contributed by atoms with Gasteiger partial charge in [0.2, 0.25) is 0 Å². The highest BCUT2D eigenvalue weighted by Gasteiger charge is 2.61. The van der Waals surface area contributed by atoms with Gasteiger partial charge in [-0.05, 0) is 85.0 Å². The van der Waals surface area contributed by atoms with E-state index in [1.54, 1.807) is 24.3 Å². The Labute approximate surface area is 258 Å². The number of hydrogen-bond acceptors (Lipinski definition) is 6. The van der Waals surface area contributed by atoms with Crippen LogP contribution in [0, 0.1) is 23.7 Å². The van der Waals surface area contributed by atoms with Gasteiger partial charge in [-0.3, -0.25) is 19.2 Å². The average Bonchev–Trinajstić information content (AvgIpc) is 3.66. The Kier molecular flexibility index (Phi) is 7.51. The van der Waals surface area contributed by atoms with Crippen LogP contribution in [0.1, 0.15) is 37.5 Å². The minimum absolute atomic E-state index is 0.0113. The highest BCUT2D eigenvalue weighted by atomic mass is 79.9. The van der Waals surface area contributed by atoms with Gasteiger partial charge in [0.15, 0.2) is 5.78 Å². The molecule has 0 spiro atoms. The molecule has 2 aliphatic carbocycles. The van der Waals surface area contributed by atoms with Crippen molar-refractivity contribution in [3.8, 4) is 5.75 Å². The molecular formula is C31H21BrCl2N2O6. The highest BCUT2D eigenvalue weighted by Crippen LogP contribution is 2.52. The van der Waals surface area contributed by atoms with Crippen molar-refractivity contribution in [1.29, 1.82) is 0 Å². The first kappa shape index (κ1) is 28.3. The molecule has 2 bridgehead atoms. The Morgan fingerprint density at radius 3 is 2.05 bits per heavy atom. The number of ether oxygens (including phenoxy) is 1. The van der Waals surface area contributed by atoms with Gasteiger partial charge in [-0.15, -0.1) is 0 Å². The molecule has 8 nitrogen and oxygen atoms in total. The van der Waals surface area contributed by atoms with Crippen molar-refractivity contribution < 1.29 is 28.7 Å². The molecule has 212 valence electrons. The van der Waals surface area contributed by atoms with Crippen LogP contribution in [-0.4, -0.2) is 46.0 Å². The van der Waals surface area contributed by atoms with Crippen molar-refractivity contribution in [2.75, 3.05) is 6.54 Å². The first-order valence-electron chi connectivity index (χ1n) is 13.1. The van der Waals surface area contributed by atoms with E-state index in [0.717, 1.165) is 20.9 Å². The zero-order valence-corrected chi connectivity index (χ0v) is 24.8. The zero-order valence-electron chi connectivity index (χ0n) is 21.7. The maximum atomic E-state index is 13.8. The van der Waals surface area contributed by atoms with Gasteiger partial charge < -0.3 is 4.74 Å². The lowest BCUT2D eigenvalue weighted by Gasteiger charge is -2.31. The molecule has 3 aromatic carbocycles. The van der Waals surface area contributed by atoms with Crippen LogP contribution in [0.15, 0.2) is 83.4 Å². The minimum Gasteiger partial charge on any atom is -0.423 e. The lowest BCUT2D eigenvalue weighted by molar-refractivity contribution is -0.154. The Hall–Kier alpha value is -3.79. The van der Waals surface area contributed by atoms with Crippen LogP contribution in [0.3, 0.4) is 0 Å². The number of imide groups is 1. The Balaban J connectivity index is 1.25. The van der Waals surface area contributed by atoms with Gasteiger partial charge in [-0.1, -0.05) is 51.3 Å².